The molecule has 6 heteroatoms. The van der Waals surface area contributed by atoms with E-state index in [2.05, 4.69) is 21.2 Å². The maximum Gasteiger partial charge on any atom is 0.335 e. The molecule has 21 heavy (non-hydrogen) atoms. The third kappa shape index (κ3) is 2.37. The molecule has 1 saturated heterocycles. The monoisotopic (exact) mass is 352 g/mol. The molecule has 1 aromatic rings. The zero-order valence-electron chi connectivity index (χ0n) is 12.2. The van der Waals surface area contributed by atoms with Crippen molar-refractivity contribution in [1.82, 2.24) is 5.32 Å². The third-order valence-electron chi connectivity index (χ3n) is 4.09. The maximum atomic E-state index is 12.8. The van der Waals surface area contributed by atoms with Gasteiger partial charge in [-0.25, -0.2) is 9.69 Å². The predicted octanol–water partition coefficient (Wildman–Crippen LogP) is 3.15. The van der Waals surface area contributed by atoms with Crippen LogP contribution in [0.2, 0.25) is 0 Å². The summed E-state index contributed by atoms with van der Waals surface area (Å²) in [6, 6.07) is 4.52. The number of barbiturate groups is 1. The molecule has 1 aliphatic rings. The van der Waals surface area contributed by atoms with E-state index in [9.17, 15) is 14.4 Å². The minimum Gasteiger partial charge on any atom is -0.276 e. The molecule has 0 aliphatic carbocycles. The summed E-state index contributed by atoms with van der Waals surface area (Å²) in [6.07, 6.45) is 0.704. The molecule has 1 aromatic carbocycles. The van der Waals surface area contributed by atoms with Crippen molar-refractivity contribution >= 4 is 39.5 Å². The fraction of sp³-hybridized carbons (Fsp3) is 0.400. The molecule has 1 N–H and O–H groups in total. The molecule has 0 radical (unpaired) electrons. The average Bonchev–Trinajstić information content (AvgIpc) is 2.44. The highest BCUT2D eigenvalue weighted by atomic mass is 79.9. The van der Waals surface area contributed by atoms with Gasteiger partial charge in [-0.05, 0) is 37.5 Å². The van der Waals surface area contributed by atoms with Crippen LogP contribution in [0.5, 0.6) is 0 Å². The van der Waals surface area contributed by atoms with Gasteiger partial charge in [0, 0.05) is 4.47 Å². The van der Waals surface area contributed by atoms with Gasteiger partial charge in [-0.2, -0.15) is 0 Å². The molecule has 0 atom stereocenters. The predicted molar refractivity (Wildman–Crippen MR) is 82.9 cm³/mol. The Kier molecular flexibility index (Phi) is 4.18. The molecule has 4 amide bonds. The zero-order valence-corrected chi connectivity index (χ0v) is 13.8. The Hall–Kier alpha value is -1.69. The molecule has 2 rings (SSSR count). The van der Waals surface area contributed by atoms with Crippen LogP contribution in [0.3, 0.4) is 0 Å². The van der Waals surface area contributed by atoms with Gasteiger partial charge in [-0.1, -0.05) is 35.8 Å². The van der Waals surface area contributed by atoms with Crippen molar-refractivity contribution in [2.45, 2.75) is 33.6 Å². The number of aryl methyl sites for hydroxylation is 1. The molecular weight excluding hydrogens is 336 g/mol. The molecule has 0 aromatic heterocycles. The van der Waals surface area contributed by atoms with E-state index in [0.29, 0.717) is 18.5 Å². The minimum absolute atomic E-state index is 0.352. The van der Waals surface area contributed by atoms with Crippen LogP contribution in [0.15, 0.2) is 22.7 Å². The van der Waals surface area contributed by atoms with Crippen LogP contribution in [0.1, 0.15) is 32.3 Å². The average molecular weight is 353 g/mol. The van der Waals surface area contributed by atoms with Gasteiger partial charge in [-0.3, -0.25) is 14.9 Å². The Labute approximate surface area is 131 Å². The number of urea groups is 1. The van der Waals surface area contributed by atoms with Gasteiger partial charge in [0.2, 0.25) is 5.91 Å². The van der Waals surface area contributed by atoms with E-state index >= 15 is 0 Å². The minimum atomic E-state index is -1.18. The number of imide groups is 2. The number of benzene rings is 1. The van der Waals surface area contributed by atoms with Gasteiger partial charge in [0.15, 0.2) is 0 Å². The number of anilines is 1. The van der Waals surface area contributed by atoms with Crippen molar-refractivity contribution in [2.24, 2.45) is 5.41 Å². The van der Waals surface area contributed by atoms with Crippen molar-refractivity contribution < 1.29 is 14.4 Å². The van der Waals surface area contributed by atoms with Crippen molar-refractivity contribution in [3.63, 3.8) is 0 Å². The van der Waals surface area contributed by atoms with Gasteiger partial charge < -0.3 is 0 Å². The van der Waals surface area contributed by atoms with Gasteiger partial charge in [0.25, 0.3) is 5.91 Å². The number of amides is 4. The fourth-order valence-corrected chi connectivity index (χ4v) is 2.87. The second kappa shape index (κ2) is 5.60. The molecule has 5 nitrogen and oxygen atoms in total. The number of rotatable bonds is 3. The summed E-state index contributed by atoms with van der Waals surface area (Å²) in [7, 11) is 0. The first-order chi connectivity index (χ1) is 9.87. The van der Waals surface area contributed by atoms with E-state index < -0.39 is 23.3 Å². The quantitative estimate of drug-likeness (QED) is 0.849. The second-order valence-electron chi connectivity index (χ2n) is 5.12. The van der Waals surface area contributed by atoms with Crippen molar-refractivity contribution in [3.8, 4) is 0 Å². The fourth-order valence-electron chi connectivity index (χ4n) is 2.50. The first-order valence-electron chi connectivity index (χ1n) is 6.83. The Bertz CT molecular complexity index is 623. The summed E-state index contributed by atoms with van der Waals surface area (Å²) in [5, 5.41) is 2.30. The van der Waals surface area contributed by atoms with E-state index in [1.54, 1.807) is 26.0 Å². The van der Waals surface area contributed by atoms with E-state index in [4.69, 9.17) is 0 Å². The van der Waals surface area contributed by atoms with E-state index in [1.807, 2.05) is 13.0 Å². The van der Waals surface area contributed by atoms with E-state index in [0.717, 1.165) is 14.9 Å². The number of hydrogen-bond donors (Lipinski definition) is 1. The molecule has 1 fully saturated rings. The summed E-state index contributed by atoms with van der Waals surface area (Å²) in [5.41, 5.74) is 0.274. The van der Waals surface area contributed by atoms with Crippen molar-refractivity contribution in [3.05, 3.63) is 28.2 Å². The summed E-state index contributed by atoms with van der Waals surface area (Å²) in [4.78, 5) is 38.0. The number of nitrogens with zero attached hydrogens (tertiary/aromatic N) is 1. The molecular formula is C15H17BrN2O3. The van der Waals surface area contributed by atoms with E-state index in [1.165, 1.54) is 0 Å². The summed E-state index contributed by atoms with van der Waals surface area (Å²) in [5.74, 6) is -0.970. The Morgan fingerprint density at radius 1 is 1.19 bits per heavy atom. The Balaban J connectivity index is 2.51. The standard InChI is InChI=1S/C15H17BrN2O3/c1-4-15(5-2)12(19)17-14(21)18(13(15)20)10-7-6-9(3)11(16)8-10/h6-8H,4-5H2,1-3H3,(H,17,19,21). The lowest BCUT2D eigenvalue weighted by Gasteiger charge is -2.38. The molecule has 0 spiro atoms. The highest BCUT2D eigenvalue weighted by Crippen LogP contribution is 2.35. The lowest BCUT2D eigenvalue weighted by atomic mass is 9.78. The topological polar surface area (TPSA) is 66.5 Å². The first-order valence-corrected chi connectivity index (χ1v) is 7.62. The summed E-state index contributed by atoms with van der Waals surface area (Å²) >= 11 is 3.39. The van der Waals surface area contributed by atoms with Crippen LogP contribution in [-0.4, -0.2) is 17.8 Å². The van der Waals surface area contributed by atoms with Crippen LogP contribution < -0.4 is 10.2 Å². The number of carbonyl (C=O) groups excluding carboxylic acids is 3. The Morgan fingerprint density at radius 2 is 1.81 bits per heavy atom. The zero-order chi connectivity index (χ0) is 15.8. The van der Waals surface area contributed by atoms with Gasteiger partial charge >= 0.3 is 6.03 Å². The molecule has 112 valence electrons. The normalized spacial score (nSPS) is 17.9. The third-order valence-corrected chi connectivity index (χ3v) is 4.95. The largest absolute Gasteiger partial charge is 0.335 e. The van der Waals surface area contributed by atoms with Gasteiger partial charge in [0.05, 0.1) is 5.69 Å². The Morgan fingerprint density at radius 3 is 2.33 bits per heavy atom. The van der Waals surface area contributed by atoms with Crippen LogP contribution in [-0.2, 0) is 9.59 Å². The van der Waals surface area contributed by atoms with Crippen LogP contribution in [0, 0.1) is 12.3 Å². The van der Waals surface area contributed by atoms with Crippen LogP contribution in [0.25, 0.3) is 0 Å². The lowest BCUT2D eigenvalue weighted by molar-refractivity contribution is -0.143. The van der Waals surface area contributed by atoms with Crippen LogP contribution in [0.4, 0.5) is 10.5 Å². The number of nitrogens with one attached hydrogen (secondary N) is 1. The van der Waals surface area contributed by atoms with Crippen LogP contribution >= 0.6 is 15.9 Å². The highest BCUT2D eigenvalue weighted by molar-refractivity contribution is 9.10. The smallest absolute Gasteiger partial charge is 0.276 e. The number of hydrogen-bond acceptors (Lipinski definition) is 3. The maximum absolute atomic E-state index is 12.8. The van der Waals surface area contributed by atoms with Gasteiger partial charge in [-0.15, -0.1) is 0 Å². The number of halogens is 1. The first kappa shape index (κ1) is 15.7. The van der Waals surface area contributed by atoms with Crippen molar-refractivity contribution in [2.75, 3.05) is 4.90 Å². The van der Waals surface area contributed by atoms with E-state index in [-0.39, 0.29) is 0 Å². The SMILES string of the molecule is CCC1(CC)C(=O)NC(=O)N(c2ccc(C)c(Br)c2)C1=O. The molecule has 0 unspecified atom stereocenters. The second-order valence-corrected chi connectivity index (χ2v) is 5.98. The molecule has 1 aliphatic heterocycles. The molecule has 0 saturated carbocycles. The van der Waals surface area contributed by atoms with Crippen molar-refractivity contribution in [1.29, 1.82) is 0 Å². The highest BCUT2D eigenvalue weighted by Gasteiger charge is 2.51. The van der Waals surface area contributed by atoms with Gasteiger partial charge in [0.1, 0.15) is 5.41 Å². The number of carbonyl (C=O) groups is 3. The summed E-state index contributed by atoms with van der Waals surface area (Å²) < 4.78 is 0.802. The summed E-state index contributed by atoms with van der Waals surface area (Å²) in [6.45, 7) is 5.47. The lowest BCUT2D eigenvalue weighted by Crippen LogP contribution is -2.63. The molecule has 0 bridgehead atoms. The molecule has 1 heterocycles.